The van der Waals surface area contributed by atoms with Crippen molar-refractivity contribution in [2.24, 2.45) is 11.7 Å². The number of carbonyl (C=O) groups excluding carboxylic acids is 1. The zero-order chi connectivity index (χ0) is 16.8. The summed E-state index contributed by atoms with van der Waals surface area (Å²) in [4.78, 5) is 12.4. The van der Waals surface area contributed by atoms with E-state index in [9.17, 15) is 4.79 Å². The van der Waals surface area contributed by atoms with Crippen molar-refractivity contribution in [3.05, 3.63) is 64.7 Å². The van der Waals surface area contributed by atoms with Gasteiger partial charge in [-0.2, -0.15) is 0 Å². The summed E-state index contributed by atoms with van der Waals surface area (Å²) in [7, 11) is 1.57. The Bertz CT molecular complexity index is 665. The lowest BCUT2D eigenvalue weighted by Crippen LogP contribution is -2.35. The van der Waals surface area contributed by atoms with Crippen molar-refractivity contribution in [1.29, 1.82) is 0 Å². The van der Waals surface area contributed by atoms with Crippen molar-refractivity contribution in [3.63, 3.8) is 0 Å². The van der Waals surface area contributed by atoms with Crippen LogP contribution in [-0.2, 0) is 11.3 Å². The van der Waals surface area contributed by atoms with Crippen LogP contribution in [0.4, 0.5) is 0 Å². The van der Waals surface area contributed by atoms with E-state index < -0.39 is 0 Å². The maximum absolute atomic E-state index is 12.4. The Hall–Kier alpha value is -1.75. The fourth-order valence-corrected chi connectivity index (χ4v) is 2.60. The average Bonchev–Trinajstić information content (AvgIpc) is 2.59. The first-order chi connectivity index (χ1) is 11.0. The molecular formula is C18H22Cl2N2O2. The lowest BCUT2D eigenvalue weighted by Gasteiger charge is -2.20. The molecule has 0 aromatic heterocycles. The van der Waals surface area contributed by atoms with E-state index in [1.807, 2.05) is 43.3 Å². The van der Waals surface area contributed by atoms with Crippen molar-refractivity contribution < 1.29 is 9.53 Å². The first-order valence-electron chi connectivity index (χ1n) is 7.44. The third-order valence-corrected chi connectivity index (χ3v) is 4.23. The topological polar surface area (TPSA) is 64.3 Å². The number of methoxy groups -OCH3 is 1. The molecule has 2 aromatic rings. The quantitative estimate of drug-likeness (QED) is 0.816. The number of hydrogen-bond acceptors (Lipinski definition) is 3. The number of nitrogens with one attached hydrogen (secondary N) is 1. The molecule has 2 aromatic carbocycles. The number of halogens is 2. The normalized spacial score (nSPS) is 12.7. The van der Waals surface area contributed by atoms with E-state index in [0.717, 1.165) is 11.1 Å². The molecule has 2 unspecified atom stereocenters. The molecule has 0 spiro atoms. The fourth-order valence-electron chi connectivity index (χ4n) is 2.37. The van der Waals surface area contributed by atoms with Crippen LogP contribution >= 0.6 is 24.0 Å². The number of amides is 1. The Balaban J connectivity index is 0.00000288. The molecule has 0 saturated heterocycles. The third kappa shape index (κ3) is 4.87. The predicted octanol–water partition coefficient (Wildman–Crippen LogP) is 3.72. The summed E-state index contributed by atoms with van der Waals surface area (Å²) in [6.45, 7) is 2.12. The maximum Gasteiger partial charge on any atom is 0.225 e. The smallest absolute Gasteiger partial charge is 0.225 e. The largest absolute Gasteiger partial charge is 0.496 e. The van der Waals surface area contributed by atoms with Crippen molar-refractivity contribution >= 4 is 29.9 Å². The molecule has 4 nitrogen and oxygen atoms in total. The molecule has 0 radical (unpaired) electrons. The maximum atomic E-state index is 12.4. The first-order valence-corrected chi connectivity index (χ1v) is 7.82. The standard InChI is InChI=1S/C18H21ClN2O2.ClH/c1-12(17(20)13-7-4-3-5-8-13)18(22)21-11-14-15(19)9-6-10-16(14)23-2;/h3-10,12,17H,11,20H2,1-2H3,(H,21,22);1H. The second-order valence-corrected chi connectivity index (χ2v) is 5.77. The van der Waals surface area contributed by atoms with Crippen molar-refractivity contribution in [1.82, 2.24) is 5.32 Å². The summed E-state index contributed by atoms with van der Waals surface area (Å²) in [6, 6.07) is 14.6. The van der Waals surface area contributed by atoms with Gasteiger partial charge in [0.15, 0.2) is 0 Å². The molecule has 0 aliphatic carbocycles. The number of hydrogen-bond donors (Lipinski definition) is 2. The summed E-state index contributed by atoms with van der Waals surface area (Å²) in [5.41, 5.74) is 7.87. The fraction of sp³-hybridized carbons (Fsp3) is 0.278. The summed E-state index contributed by atoms with van der Waals surface area (Å²) < 4.78 is 5.28. The van der Waals surface area contributed by atoms with E-state index >= 15 is 0 Å². The summed E-state index contributed by atoms with van der Waals surface area (Å²) in [6.07, 6.45) is 0. The number of nitrogens with two attached hydrogens (primary N) is 1. The molecule has 24 heavy (non-hydrogen) atoms. The van der Waals surface area contributed by atoms with Gasteiger partial charge in [-0.3, -0.25) is 4.79 Å². The average molecular weight is 369 g/mol. The van der Waals surface area contributed by atoms with Crippen molar-refractivity contribution in [2.45, 2.75) is 19.5 Å². The summed E-state index contributed by atoms with van der Waals surface area (Å²) >= 11 is 6.17. The second-order valence-electron chi connectivity index (χ2n) is 5.36. The highest BCUT2D eigenvalue weighted by Gasteiger charge is 2.22. The molecule has 0 aliphatic rings. The Morgan fingerprint density at radius 1 is 1.21 bits per heavy atom. The molecule has 2 atom stereocenters. The van der Waals surface area contributed by atoms with Crippen LogP contribution in [0.15, 0.2) is 48.5 Å². The molecule has 0 fully saturated rings. The van der Waals surface area contributed by atoms with Gasteiger partial charge in [0.05, 0.1) is 13.0 Å². The molecule has 2 rings (SSSR count). The van der Waals surface area contributed by atoms with Gasteiger partial charge in [-0.25, -0.2) is 0 Å². The van der Waals surface area contributed by atoms with Crippen LogP contribution in [0, 0.1) is 5.92 Å². The minimum Gasteiger partial charge on any atom is -0.496 e. The Morgan fingerprint density at radius 3 is 2.50 bits per heavy atom. The highest BCUT2D eigenvalue weighted by Crippen LogP contribution is 2.26. The third-order valence-electron chi connectivity index (χ3n) is 3.87. The van der Waals surface area contributed by atoms with Crippen LogP contribution in [0.1, 0.15) is 24.1 Å². The SMILES string of the molecule is COc1cccc(Cl)c1CNC(=O)C(C)C(N)c1ccccc1.Cl. The molecule has 0 saturated carbocycles. The Labute approximate surface area is 153 Å². The van der Waals surface area contributed by atoms with Gasteiger partial charge in [-0.15, -0.1) is 12.4 Å². The number of benzene rings is 2. The van der Waals surface area contributed by atoms with Crippen molar-refractivity contribution in [2.75, 3.05) is 7.11 Å². The minimum absolute atomic E-state index is 0. The molecule has 6 heteroatoms. The second kappa shape index (κ2) is 9.52. The highest BCUT2D eigenvalue weighted by atomic mass is 35.5. The molecular weight excluding hydrogens is 347 g/mol. The Morgan fingerprint density at radius 2 is 1.88 bits per heavy atom. The van der Waals surface area contributed by atoms with E-state index in [0.29, 0.717) is 17.3 Å². The van der Waals surface area contributed by atoms with Crippen LogP contribution in [-0.4, -0.2) is 13.0 Å². The highest BCUT2D eigenvalue weighted by molar-refractivity contribution is 6.31. The van der Waals surface area contributed by atoms with E-state index in [4.69, 9.17) is 22.1 Å². The van der Waals surface area contributed by atoms with Crippen molar-refractivity contribution in [3.8, 4) is 5.75 Å². The molecule has 130 valence electrons. The van der Waals surface area contributed by atoms with Crippen LogP contribution in [0.2, 0.25) is 5.02 Å². The van der Waals surface area contributed by atoms with Gasteiger partial charge in [0.2, 0.25) is 5.91 Å². The lowest BCUT2D eigenvalue weighted by atomic mass is 9.94. The number of ether oxygens (including phenoxy) is 1. The van der Waals surface area contributed by atoms with Gasteiger partial charge in [0, 0.05) is 23.2 Å². The molecule has 0 bridgehead atoms. The van der Waals surface area contributed by atoms with E-state index in [1.165, 1.54) is 0 Å². The monoisotopic (exact) mass is 368 g/mol. The minimum atomic E-state index is -0.357. The molecule has 0 heterocycles. The van der Waals surface area contributed by atoms with Gasteiger partial charge in [0.1, 0.15) is 5.75 Å². The molecule has 1 amide bonds. The zero-order valence-corrected chi connectivity index (χ0v) is 15.2. The van der Waals surface area contributed by atoms with Gasteiger partial charge in [0.25, 0.3) is 0 Å². The van der Waals surface area contributed by atoms with Gasteiger partial charge < -0.3 is 15.8 Å². The predicted molar refractivity (Wildman–Crippen MR) is 99.6 cm³/mol. The van der Waals surface area contributed by atoms with Crippen LogP contribution < -0.4 is 15.8 Å². The zero-order valence-electron chi connectivity index (χ0n) is 13.7. The first kappa shape index (κ1) is 20.3. The molecule has 0 aliphatic heterocycles. The van der Waals surface area contributed by atoms with Gasteiger partial charge >= 0.3 is 0 Å². The van der Waals surface area contributed by atoms with Gasteiger partial charge in [-0.1, -0.05) is 54.9 Å². The number of rotatable bonds is 6. The van der Waals surface area contributed by atoms with E-state index in [1.54, 1.807) is 19.2 Å². The number of carbonyl (C=O) groups is 1. The van der Waals surface area contributed by atoms with E-state index in [2.05, 4.69) is 5.32 Å². The van der Waals surface area contributed by atoms with Crippen LogP contribution in [0.25, 0.3) is 0 Å². The van der Waals surface area contributed by atoms with Gasteiger partial charge in [-0.05, 0) is 17.7 Å². The van der Waals surface area contributed by atoms with Crippen LogP contribution in [0.5, 0.6) is 5.75 Å². The van der Waals surface area contributed by atoms with E-state index in [-0.39, 0.29) is 30.3 Å². The molecule has 3 N–H and O–H groups in total. The summed E-state index contributed by atoms with van der Waals surface area (Å²) in [5.74, 6) is 0.173. The van der Waals surface area contributed by atoms with Crippen LogP contribution in [0.3, 0.4) is 0 Å². The Kier molecular flexibility index (Phi) is 8.05. The summed E-state index contributed by atoms with van der Waals surface area (Å²) in [5, 5.41) is 3.44. The lowest BCUT2D eigenvalue weighted by molar-refractivity contribution is -0.125.